The van der Waals surface area contributed by atoms with Crippen LogP contribution in [0.15, 0.2) is 41.0 Å². The number of furan rings is 1. The van der Waals surface area contributed by atoms with Crippen LogP contribution >= 0.6 is 11.6 Å². The topological polar surface area (TPSA) is 34.4 Å². The number of hydrogen-bond donors (Lipinski definition) is 1. The number of ether oxygens (including phenoxy) is 1. The summed E-state index contributed by atoms with van der Waals surface area (Å²) in [6.45, 7) is 5.99. The van der Waals surface area contributed by atoms with E-state index in [9.17, 15) is 0 Å². The molecule has 2 rings (SSSR count). The first-order chi connectivity index (χ1) is 9.65. The highest BCUT2D eigenvalue weighted by Gasteiger charge is 2.04. The van der Waals surface area contributed by atoms with Crippen LogP contribution in [0.1, 0.15) is 30.7 Å². The molecule has 1 aromatic heterocycles. The normalized spacial score (nSPS) is 11.2. The molecule has 0 radical (unpaired) electrons. The first-order valence-electron chi connectivity index (χ1n) is 6.76. The van der Waals surface area contributed by atoms with E-state index in [-0.39, 0.29) is 0 Å². The van der Waals surface area contributed by atoms with Gasteiger partial charge in [0.05, 0.1) is 12.9 Å². The van der Waals surface area contributed by atoms with Crippen LogP contribution in [0.5, 0.6) is 0 Å². The van der Waals surface area contributed by atoms with Gasteiger partial charge in [-0.25, -0.2) is 0 Å². The fourth-order valence-corrected chi connectivity index (χ4v) is 1.98. The molecule has 2 aromatic rings. The molecule has 0 fully saturated rings. The Bertz CT molecular complexity index is 537. The third-order valence-corrected chi connectivity index (χ3v) is 3.25. The summed E-state index contributed by atoms with van der Waals surface area (Å²) in [5.41, 5.74) is 2.12. The van der Waals surface area contributed by atoms with Crippen molar-refractivity contribution >= 4 is 11.6 Å². The van der Waals surface area contributed by atoms with Gasteiger partial charge in [-0.3, -0.25) is 0 Å². The Morgan fingerprint density at radius 2 is 2.05 bits per heavy atom. The third-order valence-electron chi connectivity index (χ3n) is 2.88. The van der Waals surface area contributed by atoms with Gasteiger partial charge < -0.3 is 14.5 Å². The van der Waals surface area contributed by atoms with E-state index in [0.29, 0.717) is 19.3 Å². The van der Waals surface area contributed by atoms with Crippen LogP contribution < -0.4 is 5.32 Å². The van der Waals surface area contributed by atoms with Crippen LogP contribution in [0.2, 0.25) is 5.02 Å². The first kappa shape index (κ1) is 15.1. The molecule has 0 aliphatic carbocycles. The Balaban J connectivity index is 1.78. The Hall–Kier alpha value is -1.29. The number of hydrogen-bond acceptors (Lipinski definition) is 3. The molecule has 108 valence electrons. The van der Waals surface area contributed by atoms with Crippen molar-refractivity contribution in [1.82, 2.24) is 5.32 Å². The first-order valence-corrected chi connectivity index (χ1v) is 7.14. The fraction of sp³-hybridized carbons (Fsp3) is 0.375. The second kappa shape index (κ2) is 7.48. The minimum Gasteiger partial charge on any atom is -0.467 e. The van der Waals surface area contributed by atoms with Crippen molar-refractivity contribution in [1.29, 1.82) is 0 Å². The Morgan fingerprint density at radius 1 is 1.25 bits per heavy atom. The Labute approximate surface area is 124 Å². The molecule has 0 atom stereocenters. The molecule has 0 saturated carbocycles. The minimum atomic E-state index is 0.451. The maximum Gasteiger partial charge on any atom is 0.129 e. The molecule has 1 aromatic carbocycles. The van der Waals surface area contributed by atoms with Gasteiger partial charge in [0.25, 0.3) is 0 Å². The second-order valence-electron chi connectivity index (χ2n) is 5.04. The van der Waals surface area contributed by atoms with Crippen LogP contribution in [0.4, 0.5) is 0 Å². The average Bonchev–Trinajstić information content (AvgIpc) is 2.87. The standard InChI is InChI=1S/C16H20ClNO2/c1-12(2)18-8-13-7-15(20-9-13)11-19-10-14-5-3-4-6-16(14)17/h3-7,9,12,18H,8,10-11H2,1-2H3. The van der Waals surface area contributed by atoms with Crippen LogP contribution in [-0.2, 0) is 24.5 Å². The van der Waals surface area contributed by atoms with E-state index in [1.165, 1.54) is 0 Å². The van der Waals surface area contributed by atoms with Gasteiger partial charge in [-0.05, 0) is 17.7 Å². The van der Waals surface area contributed by atoms with E-state index in [2.05, 4.69) is 19.2 Å². The van der Waals surface area contributed by atoms with Crippen molar-refractivity contribution < 1.29 is 9.15 Å². The predicted molar refractivity (Wildman–Crippen MR) is 80.6 cm³/mol. The van der Waals surface area contributed by atoms with Gasteiger partial charge in [0.1, 0.15) is 12.4 Å². The van der Waals surface area contributed by atoms with Crippen LogP contribution in [0.3, 0.4) is 0 Å². The lowest BCUT2D eigenvalue weighted by Gasteiger charge is -2.05. The lowest BCUT2D eigenvalue weighted by atomic mass is 10.2. The third kappa shape index (κ3) is 4.67. The zero-order valence-electron chi connectivity index (χ0n) is 11.9. The van der Waals surface area contributed by atoms with E-state index < -0.39 is 0 Å². The molecule has 0 saturated heterocycles. The molecule has 0 amide bonds. The zero-order chi connectivity index (χ0) is 14.4. The van der Waals surface area contributed by atoms with Gasteiger partial charge in [-0.15, -0.1) is 0 Å². The van der Waals surface area contributed by atoms with Gasteiger partial charge in [0.15, 0.2) is 0 Å². The highest BCUT2D eigenvalue weighted by molar-refractivity contribution is 6.31. The molecule has 1 N–H and O–H groups in total. The number of nitrogens with one attached hydrogen (secondary N) is 1. The number of halogens is 1. The molecule has 0 spiro atoms. The molecule has 3 nitrogen and oxygen atoms in total. The van der Waals surface area contributed by atoms with Gasteiger partial charge in [0.2, 0.25) is 0 Å². The van der Waals surface area contributed by atoms with Crippen molar-refractivity contribution in [2.24, 2.45) is 0 Å². The van der Waals surface area contributed by atoms with Crippen molar-refractivity contribution in [3.8, 4) is 0 Å². The van der Waals surface area contributed by atoms with E-state index in [0.717, 1.165) is 28.5 Å². The van der Waals surface area contributed by atoms with E-state index in [4.69, 9.17) is 20.8 Å². The average molecular weight is 294 g/mol. The summed E-state index contributed by atoms with van der Waals surface area (Å²) >= 11 is 6.07. The Morgan fingerprint density at radius 3 is 2.80 bits per heavy atom. The second-order valence-corrected chi connectivity index (χ2v) is 5.45. The molecule has 0 aliphatic rings. The lowest BCUT2D eigenvalue weighted by Crippen LogP contribution is -2.21. The van der Waals surface area contributed by atoms with Crippen molar-refractivity contribution in [2.75, 3.05) is 0 Å². The summed E-state index contributed by atoms with van der Waals surface area (Å²) in [4.78, 5) is 0. The van der Waals surface area contributed by atoms with E-state index >= 15 is 0 Å². The SMILES string of the molecule is CC(C)NCc1coc(COCc2ccccc2Cl)c1. The molecular weight excluding hydrogens is 274 g/mol. The van der Waals surface area contributed by atoms with Gasteiger partial charge in [-0.2, -0.15) is 0 Å². The highest BCUT2D eigenvalue weighted by atomic mass is 35.5. The molecule has 0 aliphatic heterocycles. The summed E-state index contributed by atoms with van der Waals surface area (Å²) in [7, 11) is 0. The summed E-state index contributed by atoms with van der Waals surface area (Å²) in [6.07, 6.45) is 1.77. The van der Waals surface area contributed by atoms with Gasteiger partial charge >= 0.3 is 0 Å². The maximum atomic E-state index is 6.07. The van der Waals surface area contributed by atoms with Crippen LogP contribution in [0.25, 0.3) is 0 Å². The molecular formula is C16H20ClNO2. The van der Waals surface area contributed by atoms with Crippen molar-refractivity contribution in [3.05, 3.63) is 58.5 Å². The fourth-order valence-electron chi connectivity index (χ4n) is 1.79. The summed E-state index contributed by atoms with van der Waals surface area (Å²) < 4.78 is 11.1. The molecule has 20 heavy (non-hydrogen) atoms. The molecule has 0 bridgehead atoms. The predicted octanol–water partition coefficient (Wildman–Crippen LogP) is 4.15. The summed E-state index contributed by atoms with van der Waals surface area (Å²) in [5.74, 6) is 0.831. The quantitative estimate of drug-likeness (QED) is 0.833. The van der Waals surface area contributed by atoms with Gasteiger partial charge in [0, 0.05) is 23.2 Å². The number of benzene rings is 1. The Kier molecular flexibility index (Phi) is 5.65. The van der Waals surface area contributed by atoms with Gasteiger partial charge in [-0.1, -0.05) is 43.6 Å². The van der Waals surface area contributed by atoms with E-state index in [1.54, 1.807) is 6.26 Å². The monoisotopic (exact) mass is 293 g/mol. The van der Waals surface area contributed by atoms with Crippen LogP contribution in [0, 0.1) is 0 Å². The largest absolute Gasteiger partial charge is 0.467 e. The van der Waals surface area contributed by atoms with E-state index in [1.807, 2.05) is 30.3 Å². The smallest absolute Gasteiger partial charge is 0.129 e. The maximum absolute atomic E-state index is 6.07. The summed E-state index contributed by atoms with van der Waals surface area (Å²) in [5, 5.41) is 4.08. The molecule has 1 heterocycles. The van der Waals surface area contributed by atoms with Crippen molar-refractivity contribution in [3.63, 3.8) is 0 Å². The minimum absolute atomic E-state index is 0.451. The highest BCUT2D eigenvalue weighted by Crippen LogP contribution is 2.17. The summed E-state index contributed by atoms with van der Waals surface area (Å²) in [6, 6.07) is 10.2. The van der Waals surface area contributed by atoms with Crippen molar-refractivity contribution in [2.45, 2.75) is 39.6 Å². The molecule has 4 heteroatoms. The number of rotatable bonds is 7. The van der Waals surface area contributed by atoms with Crippen LogP contribution in [-0.4, -0.2) is 6.04 Å². The lowest BCUT2D eigenvalue weighted by molar-refractivity contribution is 0.0930. The zero-order valence-corrected chi connectivity index (χ0v) is 12.6. The molecule has 0 unspecified atom stereocenters.